The molecule has 9 heterocycles. The lowest BCUT2D eigenvalue weighted by molar-refractivity contribution is -0.125. The summed E-state index contributed by atoms with van der Waals surface area (Å²) in [7, 11) is 0. The number of hydrogen-bond donors (Lipinski definition) is 18. The van der Waals surface area contributed by atoms with E-state index in [1.807, 2.05) is 0 Å². The number of amides is 12. The number of benzene rings is 4. The summed E-state index contributed by atoms with van der Waals surface area (Å²) in [4.78, 5) is 215. The van der Waals surface area contributed by atoms with Crippen LogP contribution in [0.4, 0.5) is 41.9 Å². The van der Waals surface area contributed by atoms with Gasteiger partial charge in [0.2, 0.25) is 47.3 Å². The lowest BCUT2D eigenvalue weighted by Gasteiger charge is -2.23. The molecule has 18 N–H and O–H groups in total. The first kappa shape index (κ1) is 96.7. The Bertz CT molecular complexity index is 5740. The van der Waals surface area contributed by atoms with Crippen LogP contribution in [0.2, 0.25) is 0 Å². The van der Waals surface area contributed by atoms with E-state index in [2.05, 4.69) is 114 Å². The molecule has 0 aliphatic carbocycles. The summed E-state index contributed by atoms with van der Waals surface area (Å²) >= 11 is 0. The first-order valence-electron chi connectivity index (χ1n) is 43.5. The summed E-state index contributed by atoms with van der Waals surface area (Å²) < 4.78 is 22.0. The van der Waals surface area contributed by atoms with E-state index in [1.54, 1.807) is 254 Å². The van der Waals surface area contributed by atoms with Crippen molar-refractivity contribution in [2.75, 3.05) is 47.4 Å². The van der Waals surface area contributed by atoms with Crippen molar-refractivity contribution in [3.05, 3.63) is 217 Å². The molecule has 0 saturated carbocycles. The Morgan fingerprint density at radius 1 is 0.294 bits per heavy atom. The minimum atomic E-state index is -1.25. The fourth-order valence-electron chi connectivity index (χ4n) is 14.6. The summed E-state index contributed by atoms with van der Waals surface area (Å²) in [6.07, 6.45) is 15.1. The summed E-state index contributed by atoms with van der Waals surface area (Å²) in [5.41, 5.74) is 4.61. The number of imidazole rings is 4. The van der Waals surface area contributed by atoms with Gasteiger partial charge in [0.15, 0.2) is 0 Å². The van der Waals surface area contributed by atoms with Gasteiger partial charge in [0, 0.05) is 140 Å². The maximum Gasteiger partial charge on any atom is 0.408 e. The minimum Gasteiger partial charge on any atom is -0.444 e. The summed E-state index contributed by atoms with van der Waals surface area (Å²) in [5, 5.41) is 33.1. The molecule has 2 aliphatic rings. The average molecular weight is 1850 g/mol. The van der Waals surface area contributed by atoms with E-state index < -0.39 is 144 Å². The van der Waals surface area contributed by atoms with E-state index >= 15 is 0 Å². The van der Waals surface area contributed by atoms with Gasteiger partial charge in [-0.05, 0) is 156 Å². The van der Waals surface area contributed by atoms with Crippen LogP contribution < -0.4 is 63.8 Å². The average Bonchev–Trinajstić information content (AvgIpc) is 1.60. The fourth-order valence-corrected chi connectivity index (χ4v) is 14.6. The van der Waals surface area contributed by atoms with Gasteiger partial charge < -0.3 is 113 Å². The number of aromatic amines is 6. The zero-order valence-electron chi connectivity index (χ0n) is 76.7. The van der Waals surface area contributed by atoms with Crippen LogP contribution >= 0.6 is 0 Å². The highest BCUT2D eigenvalue weighted by atomic mass is 16.6. The SMILES string of the molecule is CC(C)(C)OC(=O)N[C@@H](Cc1c[nH]cn1)C(=O)NCC(=O)Nc1ccccc1-c1c2nc(c(-c3ccccc3NC(=O)CNC(=O)[C@H](Cc3c[nH]cn3)NC(=O)OC(C)(C)C)c3ccc([nH]3)c(-c3ccccc3NC(=O)CNC(=O)[C@H](Cc3c[nH]cn3)NC(=O)OC(C)(C)C)c3nc(c(-c4ccccc4NC(=O)CNC(=O)[C@H](Cc4c[nH]cn4)NC(=O)OC(C)(C)C)c4ccc1[nH]4)C=C3)C=C2. The Kier molecular flexibility index (Phi) is 30.3. The molecule has 12 amide bonds. The van der Waals surface area contributed by atoms with Crippen molar-refractivity contribution >= 4 is 141 Å². The number of hydrogen-bond acceptors (Lipinski definition) is 22. The van der Waals surface area contributed by atoms with E-state index in [1.165, 1.54) is 25.3 Å². The van der Waals surface area contributed by atoms with Gasteiger partial charge in [0.25, 0.3) is 0 Å². The van der Waals surface area contributed by atoms with Gasteiger partial charge in [-0.1, -0.05) is 72.8 Å². The van der Waals surface area contributed by atoms with Gasteiger partial charge in [-0.3, -0.25) is 38.4 Å². The van der Waals surface area contributed by atoms with E-state index in [0.29, 0.717) is 89.4 Å². The second kappa shape index (κ2) is 42.6. The van der Waals surface area contributed by atoms with Gasteiger partial charge in [-0.15, -0.1) is 0 Å². The molecule has 136 heavy (non-hydrogen) atoms. The van der Waals surface area contributed by atoms with E-state index in [4.69, 9.17) is 28.9 Å². The zero-order chi connectivity index (χ0) is 97.2. The Labute approximate surface area is 780 Å². The Balaban J connectivity index is 0.960. The third-order valence-electron chi connectivity index (χ3n) is 20.2. The molecular weight excluding hydrogens is 1750 g/mol. The maximum absolute atomic E-state index is 14.7. The molecular formula is C96H106N24O16. The van der Waals surface area contributed by atoms with Crippen LogP contribution in [0.3, 0.4) is 0 Å². The highest BCUT2D eigenvalue weighted by Gasteiger charge is 2.33. The molecule has 2 aliphatic heterocycles. The first-order valence-corrected chi connectivity index (χ1v) is 43.5. The molecule has 0 saturated heterocycles. The predicted molar refractivity (Wildman–Crippen MR) is 509 cm³/mol. The van der Waals surface area contributed by atoms with Crippen LogP contribution in [-0.4, -0.2) is 204 Å². The molecule has 4 aromatic carbocycles. The number of nitrogens with zero attached hydrogens (tertiary/aromatic N) is 6. The molecule has 13 rings (SSSR count). The van der Waals surface area contributed by atoms with E-state index in [9.17, 15) is 57.5 Å². The van der Waals surface area contributed by atoms with Crippen LogP contribution in [0, 0.1) is 0 Å². The lowest BCUT2D eigenvalue weighted by Crippen LogP contribution is -2.50. The van der Waals surface area contributed by atoms with E-state index in [-0.39, 0.29) is 71.2 Å². The molecule has 8 bridgehead atoms. The smallest absolute Gasteiger partial charge is 0.408 e. The van der Waals surface area contributed by atoms with Crippen LogP contribution in [0.25, 0.3) is 90.9 Å². The number of ether oxygens (including phenoxy) is 4. The Morgan fingerprint density at radius 2 is 0.500 bits per heavy atom. The third-order valence-corrected chi connectivity index (χ3v) is 20.2. The van der Waals surface area contributed by atoms with Crippen molar-refractivity contribution in [2.45, 2.75) is 155 Å². The quantitative estimate of drug-likeness (QED) is 0.0174. The van der Waals surface area contributed by atoms with Crippen molar-refractivity contribution in [1.82, 2.24) is 102 Å². The standard InChI is InChI=1S/C96H106N24O16/c1-93(2,3)133-89(129)117-73(37-53-41-97-49-105-53)85(125)101-45-77(121)113-61-25-17-13-21-57(61)81-65-29-31-67(109-65)82(58-22-14-18-26-62(58)114-78(122)46-102-86(126)74(38-54-42-98-50-106-54)118-90(130)134-94(4,5)6)69-33-35-71(111-69)84(60-24-16-20-28-64(60)116-80(124)48-104-88(128)76(40-56-44-100-52-108-56)120-92(132)136-96(10,11)12)72-36-34-70(112-72)83(68-32-30-66(81)110-68)59-23-15-19-27-63(59)115-79(123)47-103-87(127)75(39-55-43-99-51-107-55)119-91(131)135-95(7,8)9/h13-36,41-44,49-52,73-76,109,112H,37-40,45-48H2,1-12H3,(H,97,105)(H,98,106)(H,99,107)(H,100,108)(H,101,125)(H,102,126)(H,103,127)(H,104,128)(H,113,121)(H,114,122)(H,115,123)(H,116,124)(H,117,129)(H,118,130)(H,119,131)(H,120,132)/t73-,74-,75-,76-/m0/s1. The van der Waals surface area contributed by atoms with Crippen LogP contribution in [0.15, 0.2) is 171 Å². The molecule has 40 heteroatoms. The van der Waals surface area contributed by atoms with Crippen molar-refractivity contribution in [1.29, 1.82) is 0 Å². The van der Waals surface area contributed by atoms with Crippen molar-refractivity contribution in [3.63, 3.8) is 0 Å². The zero-order valence-corrected chi connectivity index (χ0v) is 76.7. The first-order chi connectivity index (χ1) is 64.8. The molecule has 0 fully saturated rings. The van der Waals surface area contributed by atoms with Gasteiger partial charge >= 0.3 is 24.4 Å². The largest absolute Gasteiger partial charge is 0.444 e. The number of rotatable bonds is 32. The number of fused-ring (bicyclic) bond motifs is 8. The molecule has 4 atom stereocenters. The number of H-pyrrole nitrogens is 6. The Hall–Kier alpha value is -16.8. The second-order valence-corrected chi connectivity index (χ2v) is 35.6. The molecule has 0 unspecified atom stereocenters. The van der Waals surface area contributed by atoms with Crippen LogP contribution in [0.5, 0.6) is 0 Å². The molecule has 0 spiro atoms. The number of anilines is 4. The normalized spacial score (nSPS) is 12.7. The van der Waals surface area contributed by atoms with Gasteiger partial charge in [0.1, 0.15) is 46.6 Å². The Morgan fingerprint density at radius 3 is 0.691 bits per heavy atom. The van der Waals surface area contributed by atoms with E-state index in [0.717, 1.165) is 0 Å². The number of aromatic nitrogens is 12. The predicted octanol–water partition coefficient (Wildman–Crippen LogP) is 11.0. The lowest BCUT2D eigenvalue weighted by atomic mass is 10.0. The summed E-state index contributed by atoms with van der Waals surface area (Å²) in [6.45, 7) is 17.6. The molecule has 706 valence electrons. The maximum atomic E-state index is 14.7. The number of alkyl carbamates (subject to hydrolysis) is 4. The van der Waals surface area contributed by atoms with Crippen LogP contribution in [0.1, 0.15) is 129 Å². The minimum absolute atomic E-state index is 0.0772. The van der Waals surface area contributed by atoms with Gasteiger partial charge in [0.05, 0.1) is 97.0 Å². The van der Waals surface area contributed by atoms with Gasteiger partial charge in [-0.2, -0.15) is 0 Å². The van der Waals surface area contributed by atoms with Crippen LogP contribution in [-0.2, 0) is 83.0 Å². The fraction of sp³-hybridized carbons (Fsp3) is 0.292. The molecule has 7 aromatic heterocycles. The van der Waals surface area contributed by atoms with Crippen molar-refractivity contribution in [3.8, 4) is 44.5 Å². The summed E-state index contributed by atoms with van der Waals surface area (Å²) in [5.74, 6) is -5.70. The van der Waals surface area contributed by atoms with Crippen molar-refractivity contribution in [2.24, 2.45) is 0 Å². The third kappa shape index (κ3) is 26.7. The second-order valence-electron chi connectivity index (χ2n) is 35.6. The summed E-state index contributed by atoms with van der Waals surface area (Å²) in [6, 6.07) is 29.6. The topological polar surface area (TPSA) is 558 Å². The molecule has 40 nitrogen and oxygen atoms in total. The molecule has 0 radical (unpaired) electrons. The van der Waals surface area contributed by atoms with Gasteiger partial charge in [-0.25, -0.2) is 49.1 Å². The number of nitrogens with one attached hydrogen (secondary N) is 18. The number of para-hydroxylation sites is 4. The highest BCUT2D eigenvalue weighted by molar-refractivity contribution is 6.09. The van der Waals surface area contributed by atoms with Crippen molar-refractivity contribution < 1.29 is 76.5 Å². The molecule has 11 aromatic rings. The monoisotopic (exact) mass is 1850 g/mol. The number of carbonyl (C=O) groups excluding carboxylic acids is 12. The highest BCUT2D eigenvalue weighted by Crippen LogP contribution is 2.44. The number of carbonyl (C=O) groups is 12.